The summed E-state index contributed by atoms with van der Waals surface area (Å²) in [5.41, 5.74) is 3.04. The topological polar surface area (TPSA) is 87.2 Å². The van der Waals surface area contributed by atoms with Crippen LogP contribution >= 0.6 is 11.8 Å². The molecular weight excluding hydrogens is 293 g/mol. The Morgan fingerprint density at radius 1 is 1.57 bits per heavy atom. The second-order valence-corrected chi connectivity index (χ2v) is 5.55. The molecule has 7 heteroatoms. The summed E-state index contributed by atoms with van der Waals surface area (Å²) in [5, 5.41) is 8.97. The van der Waals surface area contributed by atoms with E-state index in [-0.39, 0.29) is 12.3 Å². The number of carbonyl (C=O) groups excluding carboxylic acids is 2. The van der Waals surface area contributed by atoms with Gasteiger partial charge in [0.15, 0.2) is 11.9 Å². The van der Waals surface area contributed by atoms with Crippen LogP contribution in [-0.4, -0.2) is 40.9 Å². The summed E-state index contributed by atoms with van der Waals surface area (Å²) in [6.07, 6.45) is 8.98. The number of carbonyl (C=O) groups is 2. The van der Waals surface area contributed by atoms with E-state index in [1.54, 1.807) is 19.4 Å². The molecule has 1 aliphatic carbocycles. The van der Waals surface area contributed by atoms with Crippen LogP contribution in [0, 0.1) is 23.3 Å². The third kappa shape index (κ3) is 3.45. The van der Waals surface area contributed by atoms with Gasteiger partial charge in [0, 0.05) is 12.3 Å². The maximum atomic E-state index is 15.4. The van der Waals surface area contributed by atoms with Gasteiger partial charge in [0.2, 0.25) is 11.8 Å². The molecule has 0 fully saturated rings. The molecular formula is C14H18FN3O2S. The number of halogens is 1. The number of allylic oxidation sites excluding steroid dienone is 3. The highest BCUT2D eigenvalue weighted by molar-refractivity contribution is 7.98. The molecule has 0 heterocycles. The molecule has 2 amide bonds. The van der Waals surface area contributed by atoms with Gasteiger partial charge in [-0.15, -0.1) is 0 Å². The number of nitrogens with zero attached hydrogens (tertiary/aromatic N) is 2. The fourth-order valence-electron chi connectivity index (χ4n) is 2.29. The molecule has 0 bridgehead atoms. The summed E-state index contributed by atoms with van der Waals surface area (Å²) in [4.78, 5) is 24.8. The van der Waals surface area contributed by atoms with E-state index in [9.17, 15) is 9.59 Å². The van der Waals surface area contributed by atoms with Gasteiger partial charge in [0.25, 0.3) is 0 Å². The third-order valence-electron chi connectivity index (χ3n) is 3.42. The summed E-state index contributed by atoms with van der Waals surface area (Å²) in [7, 11) is 0. The summed E-state index contributed by atoms with van der Waals surface area (Å²) < 4.78 is 15.4. The predicted octanol–water partition coefficient (Wildman–Crippen LogP) is 1.23. The Hall–Kier alpha value is -1.81. The lowest BCUT2D eigenvalue weighted by Crippen LogP contribution is -2.52. The van der Waals surface area contributed by atoms with E-state index < -0.39 is 29.3 Å². The molecule has 5 nitrogen and oxygen atoms in total. The van der Waals surface area contributed by atoms with Crippen molar-refractivity contribution >= 4 is 23.6 Å². The van der Waals surface area contributed by atoms with Crippen molar-refractivity contribution in [2.75, 3.05) is 18.6 Å². The van der Waals surface area contributed by atoms with Crippen molar-refractivity contribution in [3.8, 4) is 6.19 Å². The maximum Gasteiger partial charge on any atom is 0.243 e. The molecule has 0 spiro atoms. The molecule has 0 radical (unpaired) electrons. The average molecular weight is 311 g/mol. The zero-order valence-electron chi connectivity index (χ0n) is 12.0. The van der Waals surface area contributed by atoms with Crippen molar-refractivity contribution < 1.29 is 14.0 Å². The Morgan fingerprint density at radius 2 is 2.24 bits per heavy atom. The van der Waals surface area contributed by atoms with Crippen molar-refractivity contribution in [1.82, 2.24) is 4.90 Å². The molecule has 21 heavy (non-hydrogen) atoms. The lowest BCUT2D eigenvalue weighted by molar-refractivity contribution is -0.138. The Morgan fingerprint density at radius 3 is 2.71 bits per heavy atom. The highest BCUT2D eigenvalue weighted by Crippen LogP contribution is 2.38. The number of thioether (sulfide) groups is 1. The Balaban J connectivity index is 3.22. The molecule has 1 rings (SSSR count). The zero-order valence-corrected chi connectivity index (χ0v) is 12.8. The summed E-state index contributed by atoms with van der Waals surface area (Å²) in [6, 6.07) is 0. The van der Waals surface area contributed by atoms with Gasteiger partial charge in [0.05, 0.1) is 11.8 Å². The minimum atomic E-state index is -2.22. The maximum absolute atomic E-state index is 15.4. The van der Waals surface area contributed by atoms with Gasteiger partial charge < -0.3 is 5.73 Å². The van der Waals surface area contributed by atoms with Crippen LogP contribution in [-0.2, 0) is 9.59 Å². The van der Waals surface area contributed by atoms with Crippen molar-refractivity contribution in [3.05, 3.63) is 24.3 Å². The summed E-state index contributed by atoms with van der Waals surface area (Å²) >= 11 is 1.28. The minimum Gasteiger partial charge on any atom is -0.369 e. The Bertz CT molecular complexity index is 515. The molecule has 3 unspecified atom stereocenters. The molecule has 114 valence electrons. The number of alkyl halides is 1. The monoisotopic (exact) mass is 311 g/mol. The zero-order chi connectivity index (χ0) is 16.0. The quantitative estimate of drug-likeness (QED) is 0.590. The number of nitriles is 1. The summed E-state index contributed by atoms with van der Waals surface area (Å²) in [5.74, 6) is -3.69. The normalized spacial score (nSPS) is 25.1. The molecule has 0 aliphatic heterocycles. The molecule has 3 atom stereocenters. The van der Waals surface area contributed by atoms with Crippen LogP contribution < -0.4 is 5.73 Å². The number of hydrogen-bond donors (Lipinski definition) is 1. The van der Waals surface area contributed by atoms with E-state index in [0.717, 1.165) is 4.90 Å². The van der Waals surface area contributed by atoms with Crippen LogP contribution in [0.4, 0.5) is 4.39 Å². The van der Waals surface area contributed by atoms with Crippen LogP contribution in [0.25, 0.3) is 0 Å². The standard InChI is InChI=1S/C14H18FN3O2S/c1-3-18(9-16)13(20)11(8-21-2)14(15)7-5-4-6-10(14)12(17)19/h4-7,10-11H,3,8H2,1-2H3,(H2,17,19). The number of amides is 2. The fourth-order valence-corrected chi connectivity index (χ4v) is 3.03. The molecule has 2 N–H and O–H groups in total. The van der Waals surface area contributed by atoms with Crippen LogP contribution in [0.3, 0.4) is 0 Å². The highest BCUT2D eigenvalue weighted by Gasteiger charge is 2.50. The number of rotatable bonds is 6. The van der Waals surface area contributed by atoms with E-state index in [1.165, 1.54) is 36.1 Å². The number of nitrogens with two attached hydrogens (primary N) is 1. The first-order chi connectivity index (χ1) is 9.92. The number of hydrogen-bond acceptors (Lipinski definition) is 4. The van der Waals surface area contributed by atoms with Gasteiger partial charge in [0.1, 0.15) is 0 Å². The van der Waals surface area contributed by atoms with Crippen LogP contribution in [0.1, 0.15) is 6.92 Å². The largest absolute Gasteiger partial charge is 0.369 e. The third-order valence-corrected chi connectivity index (χ3v) is 4.08. The van der Waals surface area contributed by atoms with E-state index in [1.807, 2.05) is 0 Å². The first-order valence-corrected chi connectivity index (χ1v) is 7.86. The van der Waals surface area contributed by atoms with E-state index >= 15 is 4.39 Å². The van der Waals surface area contributed by atoms with E-state index in [4.69, 9.17) is 11.0 Å². The molecule has 0 saturated carbocycles. The predicted molar refractivity (Wildman–Crippen MR) is 79.7 cm³/mol. The molecule has 0 aromatic heterocycles. The number of primary amides is 1. The molecule has 0 saturated heterocycles. The average Bonchev–Trinajstić information content (AvgIpc) is 2.45. The second kappa shape index (κ2) is 7.27. The fraction of sp³-hybridized carbons (Fsp3) is 0.500. The van der Waals surface area contributed by atoms with Gasteiger partial charge in [-0.2, -0.15) is 17.0 Å². The smallest absolute Gasteiger partial charge is 0.243 e. The lowest BCUT2D eigenvalue weighted by atomic mass is 9.75. The van der Waals surface area contributed by atoms with Crippen LogP contribution in [0.15, 0.2) is 24.3 Å². The van der Waals surface area contributed by atoms with Gasteiger partial charge in [-0.3, -0.25) is 9.59 Å². The van der Waals surface area contributed by atoms with Gasteiger partial charge in [-0.05, 0) is 19.3 Å². The Labute approximate surface area is 127 Å². The second-order valence-electron chi connectivity index (χ2n) is 4.64. The van der Waals surface area contributed by atoms with Crippen molar-refractivity contribution in [3.63, 3.8) is 0 Å². The lowest BCUT2D eigenvalue weighted by Gasteiger charge is -2.36. The van der Waals surface area contributed by atoms with Crippen molar-refractivity contribution in [2.45, 2.75) is 12.6 Å². The Kier molecular flexibility index (Phi) is 5.97. The van der Waals surface area contributed by atoms with Crippen molar-refractivity contribution in [2.24, 2.45) is 17.6 Å². The first-order valence-electron chi connectivity index (χ1n) is 6.46. The van der Waals surface area contributed by atoms with Gasteiger partial charge >= 0.3 is 0 Å². The summed E-state index contributed by atoms with van der Waals surface area (Å²) in [6.45, 7) is 1.78. The SMILES string of the molecule is CCN(C#N)C(=O)C(CSC)C1(F)C=CC=CC1C(N)=O. The molecule has 1 aliphatic rings. The van der Waals surface area contributed by atoms with Crippen molar-refractivity contribution in [1.29, 1.82) is 5.26 Å². The van der Waals surface area contributed by atoms with Crippen LogP contribution in [0.2, 0.25) is 0 Å². The molecule has 0 aromatic carbocycles. The minimum absolute atomic E-state index is 0.148. The van der Waals surface area contributed by atoms with E-state index in [0.29, 0.717) is 0 Å². The van der Waals surface area contributed by atoms with E-state index in [2.05, 4.69) is 0 Å². The van der Waals surface area contributed by atoms with Gasteiger partial charge in [-0.25, -0.2) is 9.29 Å². The first kappa shape index (κ1) is 17.2. The highest BCUT2D eigenvalue weighted by atomic mass is 32.2. The molecule has 0 aromatic rings. The van der Waals surface area contributed by atoms with Gasteiger partial charge in [-0.1, -0.05) is 18.2 Å². The van der Waals surface area contributed by atoms with Crippen LogP contribution in [0.5, 0.6) is 0 Å².